The molecule has 0 bridgehead atoms. The highest BCUT2D eigenvalue weighted by Gasteiger charge is 2.20. The lowest BCUT2D eigenvalue weighted by Crippen LogP contribution is -2.08. The van der Waals surface area contributed by atoms with Crippen molar-refractivity contribution in [1.29, 1.82) is 0 Å². The van der Waals surface area contributed by atoms with E-state index in [0.717, 1.165) is 52.0 Å². The number of aldehydes is 1. The number of nitrogens with zero attached hydrogens (tertiary/aromatic N) is 2. The zero-order chi connectivity index (χ0) is 26.8. The summed E-state index contributed by atoms with van der Waals surface area (Å²) < 4.78 is 25.9. The second kappa shape index (κ2) is 13.7. The smallest absolute Gasteiger partial charge is 0.152 e. The van der Waals surface area contributed by atoms with E-state index in [0.29, 0.717) is 25.3 Å². The lowest BCUT2D eigenvalue weighted by molar-refractivity contribution is 0.112. The van der Waals surface area contributed by atoms with Gasteiger partial charge in [0.2, 0.25) is 0 Å². The molecule has 196 valence electrons. The molecular formula is C30H36FN3O3. The van der Waals surface area contributed by atoms with Crippen molar-refractivity contribution in [1.82, 2.24) is 14.9 Å². The molecule has 0 atom stereocenters. The van der Waals surface area contributed by atoms with Gasteiger partial charge in [-0.1, -0.05) is 32.0 Å². The number of halogens is 1. The van der Waals surface area contributed by atoms with Gasteiger partial charge in [0.15, 0.2) is 6.29 Å². The standard InChI is InChI=1S/C21H24N2O3.C9H12FN/c1-15(2)21-19(14-24)18-8-7-17(26-11-10-25-3)12-20(18)23(21)13-16-6-4-5-9-22-16;1-7-3-4-8(6-11-2)5-9(7)10/h4-9,12,14-15H,10-11,13H2,1-3H3;3-5,11H,6H2,1-2H3. The van der Waals surface area contributed by atoms with Crippen molar-refractivity contribution in [2.75, 3.05) is 27.4 Å². The van der Waals surface area contributed by atoms with E-state index in [4.69, 9.17) is 9.47 Å². The van der Waals surface area contributed by atoms with Crippen molar-refractivity contribution in [2.24, 2.45) is 0 Å². The van der Waals surface area contributed by atoms with Crippen LogP contribution in [0.5, 0.6) is 5.75 Å². The molecule has 1 N–H and O–H groups in total. The highest BCUT2D eigenvalue weighted by molar-refractivity contribution is 6.00. The minimum absolute atomic E-state index is 0.127. The van der Waals surface area contributed by atoms with Crippen LogP contribution < -0.4 is 10.1 Å². The molecule has 2 aromatic carbocycles. The SMILES string of the molecule is CNCc1ccc(C)c(F)c1.COCCOc1ccc2c(C=O)c(C(C)C)n(Cc3ccccn3)c2c1. The first-order chi connectivity index (χ1) is 17.9. The van der Waals surface area contributed by atoms with Crippen LogP contribution in [0, 0.1) is 12.7 Å². The maximum atomic E-state index is 12.9. The Bertz CT molecular complexity index is 1300. The third-order valence-electron chi connectivity index (χ3n) is 6.00. The van der Waals surface area contributed by atoms with Gasteiger partial charge in [-0.05, 0) is 61.3 Å². The van der Waals surface area contributed by atoms with Crippen LogP contribution in [0.4, 0.5) is 4.39 Å². The number of pyridine rings is 1. The first-order valence-electron chi connectivity index (χ1n) is 12.4. The predicted octanol–water partition coefficient (Wildman–Crippen LogP) is 5.90. The van der Waals surface area contributed by atoms with Crippen molar-refractivity contribution in [3.63, 3.8) is 0 Å². The normalized spacial score (nSPS) is 10.9. The number of ether oxygens (including phenoxy) is 2. The second-order valence-electron chi connectivity index (χ2n) is 9.11. The quantitative estimate of drug-likeness (QED) is 0.215. The van der Waals surface area contributed by atoms with Crippen molar-refractivity contribution in [3.8, 4) is 5.75 Å². The molecule has 0 unspecified atom stereocenters. The second-order valence-corrected chi connectivity index (χ2v) is 9.11. The van der Waals surface area contributed by atoms with E-state index in [-0.39, 0.29) is 11.7 Å². The fourth-order valence-electron chi connectivity index (χ4n) is 4.23. The van der Waals surface area contributed by atoms with Crippen LogP contribution in [0.25, 0.3) is 10.9 Å². The van der Waals surface area contributed by atoms with E-state index in [9.17, 15) is 9.18 Å². The molecule has 6 nitrogen and oxygen atoms in total. The number of hydrogen-bond acceptors (Lipinski definition) is 5. The molecular weight excluding hydrogens is 469 g/mol. The molecule has 0 fully saturated rings. The van der Waals surface area contributed by atoms with Crippen LogP contribution in [-0.2, 0) is 17.8 Å². The molecule has 0 aliphatic carbocycles. The summed E-state index contributed by atoms with van der Waals surface area (Å²) in [4.78, 5) is 16.3. The highest BCUT2D eigenvalue weighted by atomic mass is 19.1. The molecule has 0 saturated carbocycles. The Morgan fingerprint density at radius 2 is 1.92 bits per heavy atom. The number of carbonyl (C=O) groups is 1. The van der Waals surface area contributed by atoms with Crippen molar-refractivity contribution >= 4 is 17.2 Å². The number of rotatable bonds is 10. The van der Waals surface area contributed by atoms with E-state index in [1.807, 2.05) is 49.5 Å². The maximum Gasteiger partial charge on any atom is 0.152 e. The Balaban J connectivity index is 0.000000289. The fourth-order valence-corrected chi connectivity index (χ4v) is 4.23. The van der Waals surface area contributed by atoms with Gasteiger partial charge in [-0.25, -0.2) is 4.39 Å². The van der Waals surface area contributed by atoms with Gasteiger partial charge in [0, 0.05) is 42.6 Å². The summed E-state index contributed by atoms with van der Waals surface area (Å²) in [6, 6.07) is 17.0. The van der Waals surface area contributed by atoms with Gasteiger partial charge in [-0.3, -0.25) is 9.78 Å². The van der Waals surface area contributed by atoms with Crippen molar-refractivity contribution in [2.45, 2.75) is 39.8 Å². The molecule has 0 radical (unpaired) electrons. The van der Waals surface area contributed by atoms with Gasteiger partial charge in [-0.15, -0.1) is 0 Å². The molecule has 0 aliphatic rings. The van der Waals surface area contributed by atoms with E-state index < -0.39 is 0 Å². The van der Waals surface area contributed by atoms with Crippen LogP contribution in [0.1, 0.15) is 52.6 Å². The summed E-state index contributed by atoms with van der Waals surface area (Å²) in [5, 5.41) is 3.91. The average molecular weight is 506 g/mol. The molecule has 0 spiro atoms. The predicted molar refractivity (Wildman–Crippen MR) is 146 cm³/mol. The van der Waals surface area contributed by atoms with Gasteiger partial charge in [0.05, 0.1) is 24.4 Å². The van der Waals surface area contributed by atoms with Crippen LogP contribution in [0.2, 0.25) is 0 Å². The zero-order valence-electron chi connectivity index (χ0n) is 22.3. The number of aromatic nitrogens is 2. The van der Waals surface area contributed by atoms with Gasteiger partial charge in [-0.2, -0.15) is 0 Å². The zero-order valence-corrected chi connectivity index (χ0v) is 22.3. The van der Waals surface area contributed by atoms with Gasteiger partial charge in [0.25, 0.3) is 0 Å². The summed E-state index contributed by atoms with van der Waals surface area (Å²) in [7, 11) is 3.49. The number of aryl methyl sites for hydroxylation is 1. The summed E-state index contributed by atoms with van der Waals surface area (Å²) in [5.41, 5.74) is 5.38. The summed E-state index contributed by atoms with van der Waals surface area (Å²) >= 11 is 0. The number of hydrogen-bond donors (Lipinski definition) is 1. The minimum Gasteiger partial charge on any atom is -0.491 e. The molecule has 7 heteroatoms. The first kappa shape index (κ1) is 28.0. The summed E-state index contributed by atoms with van der Waals surface area (Å²) in [6.45, 7) is 8.32. The maximum absolute atomic E-state index is 12.9. The molecule has 37 heavy (non-hydrogen) atoms. The highest BCUT2D eigenvalue weighted by Crippen LogP contribution is 2.33. The van der Waals surface area contributed by atoms with Crippen molar-refractivity contribution < 1.29 is 18.7 Å². The molecule has 4 aromatic rings. The molecule has 0 aliphatic heterocycles. The third kappa shape index (κ3) is 7.24. The van der Waals surface area contributed by atoms with Gasteiger partial charge >= 0.3 is 0 Å². The Morgan fingerprint density at radius 1 is 1.11 bits per heavy atom. The monoisotopic (exact) mass is 505 g/mol. The average Bonchev–Trinajstić information content (AvgIpc) is 3.20. The Labute approximate surface area is 218 Å². The van der Waals surface area contributed by atoms with Gasteiger partial charge < -0.3 is 19.4 Å². The Kier molecular flexibility index (Phi) is 10.4. The van der Waals surface area contributed by atoms with E-state index in [1.54, 1.807) is 32.4 Å². The molecule has 0 saturated heterocycles. The first-order valence-corrected chi connectivity index (χ1v) is 12.4. The number of fused-ring (bicyclic) bond motifs is 1. The Hall–Kier alpha value is -3.55. The molecule has 2 aromatic heterocycles. The molecule has 2 heterocycles. The number of methoxy groups -OCH3 is 1. The van der Waals surface area contributed by atoms with Crippen LogP contribution in [-0.4, -0.2) is 43.2 Å². The largest absolute Gasteiger partial charge is 0.491 e. The van der Waals surface area contributed by atoms with E-state index in [2.05, 4.69) is 28.7 Å². The van der Waals surface area contributed by atoms with Crippen molar-refractivity contribution in [3.05, 3.63) is 94.7 Å². The number of benzene rings is 2. The van der Waals surface area contributed by atoms with Crippen LogP contribution in [0.3, 0.4) is 0 Å². The summed E-state index contributed by atoms with van der Waals surface area (Å²) in [6.07, 6.45) is 2.74. The van der Waals surface area contributed by atoms with E-state index in [1.165, 1.54) is 0 Å². The molecule has 0 amide bonds. The third-order valence-corrected chi connectivity index (χ3v) is 6.00. The fraction of sp³-hybridized carbons (Fsp3) is 0.333. The van der Waals surface area contributed by atoms with Crippen LogP contribution >= 0.6 is 0 Å². The summed E-state index contributed by atoms with van der Waals surface area (Å²) in [5.74, 6) is 0.851. The van der Waals surface area contributed by atoms with Crippen LogP contribution in [0.15, 0.2) is 60.8 Å². The topological polar surface area (TPSA) is 65.4 Å². The minimum atomic E-state index is -0.127. The Morgan fingerprint density at radius 3 is 2.54 bits per heavy atom. The number of nitrogens with one attached hydrogen (secondary N) is 1. The molecule has 4 rings (SSSR count). The number of carbonyl (C=O) groups excluding carboxylic acids is 1. The lowest BCUT2D eigenvalue weighted by Gasteiger charge is -2.14. The lowest BCUT2D eigenvalue weighted by atomic mass is 10.0. The van der Waals surface area contributed by atoms with E-state index >= 15 is 0 Å². The van der Waals surface area contributed by atoms with Gasteiger partial charge in [0.1, 0.15) is 18.2 Å².